The normalized spacial score (nSPS) is 12.5. The molecule has 0 bridgehead atoms. The molecule has 1 aromatic rings. The Labute approximate surface area is 107 Å². The van der Waals surface area contributed by atoms with Crippen molar-refractivity contribution < 1.29 is 19.0 Å². The molecule has 1 unspecified atom stereocenters. The van der Waals surface area contributed by atoms with Gasteiger partial charge in [-0.3, -0.25) is 4.79 Å². The number of carboxylic acids is 1. The lowest BCUT2D eigenvalue weighted by molar-refractivity contribution is -0.141. The minimum absolute atomic E-state index is 0.0286. The van der Waals surface area contributed by atoms with E-state index < -0.39 is 11.9 Å². The van der Waals surface area contributed by atoms with Crippen molar-refractivity contribution in [3.05, 3.63) is 29.6 Å². The van der Waals surface area contributed by atoms with Gasteiger partial charge in [0.1, 0.15) is 11.6 Å². The first kappa shape index (κ1) is 14.5. The maximum absolute atomic E-state index is 13.2. The van der Waals surface area contributed by atoms with Crippen molar-refractivity contribution in [2.75, 3.05) is 0 Å². The summed E-state index contributed by atoms with van der Waals surface area (Å²) in [5.74, 6) is -1.19. The number of hydrogen-bond donors (Lipinski definition) is 1. The summed E-state index contributed by atoms with van der Waals surface area (Å²) in [5.41, 5.74) is 0.609. The summed E-state index contributed by atoms with van der Waals surface area (Å²) in [6, 6.07) is 4.23. The monoisotopic (exact) mass is 254 g/mol. The molecule has 1 rings (SSSR count). The zero-order valence-corrected chi connectivity index (χ0v) is 10.9. The standard InChI is InChI=1S/C14H19FO3/c1-4-10(14(16)17)7-11-8-12(15)5-6-13(11)18-9(2)3/h5-6,8-10H,4,7H2,1-3H3,(H,16,17). The van der Waals surface area contributed by atoms with Crippen molar-refractivity contribution in [1.29, 1.82) is 0 Å². The Bertz CT molecular complexity index is 416. The van der Waals surface area contributed by atoms with E-state index in [1.165, 1.54) is 12.1 Å². The van der Waals surface area contributed by atoms with Gasteiger partial charge in [0, 0.05) is 0 Å². The summed E-state index contributed by atoms with van der Waals surface area (Å²) in [7, 11) is 0. The Hall–Kier alpha value is -1.58. The van der Waals surface area contributed by atoms with Crippen LogP contribution in [0.1, 0.15) is 32.8 Å². The Morgan fingerprint density at radius 3 is 2.61 bits per heavy atom. The SMILES string of the molecule is CCC(Cc1cc(F)ccc1OC(C)C)C(=O)O. The lowest BCUT2D eigenvalue weighted by Crippen LogP contribution is -2.17. The Morgan fingerprint density at radius 1 is 1.44 bits per heavy atom. The summed E-state index contributed by atoms with van der Waals surface area (Å²) in [4.78, 5) is 11.0. The van der Waals surface area contributed by atoms with Gasteiger partial charge in [-0.1, -0.05) is 6.92 Å². The van der Waals surface area contributed by atoms with E-state index in [0.717, 1.165) is 0 Å². The molecule has 0 saturated heterocycles. The van der Waals surface area contributed by atoms with E-state index in [4.69, 9.17) is 9.84 Å². The van der Waals surface area contributed by atoms with Gasteiger partial charge in [-0.05, 0) is 50.5 Å². The Morgan fingerprint density at radius 2 is 2.11 bits per heavy atom. The van der Waals surface area contributed by atoms with Gasteiger partial charge in [0.2, 0.25) is 0 Å². The molecule has 0 aromatic heterocycles. The van der Waals surface area contributed by atoms with Crippen LogP contribution in [0.4, 0.5) is 4.39 Å². The molecule has 1 aromatic carbocycles. The maximum Gasteiger partial charge on any atom is 0.306 e. The van der Waals surface area contributed by atoms with Crippen LogP contribution in [0.3, 0.4) is 0 Å². The predicted molar refractivity (Wildman–Crippen MR) is 67.3 cm³/mol. The fourth-order valence-electron chi connectivity index (χ4n) is 1.75. The van der Waals surface area contributed by atoms with E-state index in [1.807, 2.05) is 13.8 Å². The van der Waals surface area contributed by atoms with Crippen LogP contribution in [0.15, 0.2) is 18.2 Å². The molecule has 0 aliphatic carbocycles. The highest BCUT2D eigenvalue weighted by atomic mass is 19.1. The third kappa shape index (κ3) is 4.02. The molecule has 0 amide bonds. The third-order valence-corrected chi connectivity index (χ3v) is 2.69. The topological polar surface area (TPSA) is 46.5 Å². The quantitative estimate of drug-likeness (QED) is 0.847. The average molecular weight is 254 g/mol. The second-order valence-corrected chi connectivity index (χ2v) is 4.57. The first-order valence-electron chi connectivity index (χ1n) is 6.12. The first-order chi connectivity index (χ1) is 8.43. The number of benzene rings is 1. The van der Waals surface area contributed by atoms with Crippen LogP contribution in [0.2, 0.25) is 0 Å². The molecule has 1 N–H and O–H groups in total. The highest BCUT2D eigenvalue weighted by molar-refractivity contribution is 5.70. The van der Waals surface area contributed by atoms with E-state index in [1.54, 1.807) is 13.0 Å². The highest BCUT2D eigenvalue weighted by Gasteiger charge is 2.18. The van der Waals surface area contributed by atoms with Crippen LogP contribution in [0.25, 0.3) is 0 Å². The van der Waals surface area contributed by atoms with Gasteiger partial charge in [0.05, 0.1) is 12.0 Å². The molecular weight excluding hydrogens is 235 g/mol. The van der Waals surface area contributed by atoms with Crippen molar-refractivity contribution in [2.45, 2.75) is 39.7 Å². The molecule has 1 atom stereocenters. The summed E-state index contributed by atoms with van der Waals surface area (Å²) in [6.07, 6.45) is 0.762. The van der Waals surface area contributed by atoms with Crippen LogP contribution in [-0.2, 0) is 11.2 Å². The Balaban J connectivity index is 2.97. The van der Waals surface area contributed by atoms with Gasteiger partial charge in [0.25, 0.3) is 0 Å². The molecule has 0 aliphatic heterocycles. The molecule has 0 radical (unpaired) electrons. The van der Waals surface area contributed by atoms with E-state index in [-0.39, 0.29) is 18.3 Å². The predicted octanol–water partition coefficient (Wildman–Crippen LogP) is 3.27. The molecular formula is C14H19FO3. The maximum atomic E-state index is 13.2. The van der Waals surface area contributed by atoms with Crippen molar-refractivity contribution in [3.8, 4) is 5.75 Å². The molecule has 100 valence electrons. The number of aliphatic carboxylic acids is 1. The molecule has 0 spiro atoms. The van der Waals surface area contributed by atoms with Gasteiger partial charge in [0.15, 0.2) is 0 Å². The van der Waals surface area contributed by atoms with E-state index in [9.17, 15) is 9.18 Å². The smallest absolute Gasteiger partial charge is 0.306 e. The second-order valence-electron chi connectivity index (χ2n) is 4.57. The van der Waals surface area contributed by atoms with Crippen LogP contribution in [-0.4, -0.2) is 17.2 Å². The highest BCUT2D eigenvalue weighted by Crippen LogP contribution is 2.25. The average Bonchev–Trinajstić information content (AvgIpc) is 2.28. The van der Waals surface area contributed by atoms with Crippen LogP contribution in [0.5, 0.6) is 5.75 Å². The minimum atomic E-state index is -0.864. The molecule has 0 heterocycles. The van der Waals surface area contributed by atoms with Crippen LogP contribution in [0, 0.1) is 11.7 Å². The fourth-order valence-corrected chi connectivity index (χ4v) is 1.75. The number of carbonyl (C=O) groups is 1. The molecule has 0 fully saturated rings. The molecule has 18 heavy (non-hydrogen) atoms. The first-order valence-corrected chi connectivity index (χ1v) is 6.12. The number of ether oxygens (including phenoxy) is 1. The van der Waals surface area contributed by atoms with Gasteiger partial charge < -0.3 is 9.84 Å². The van der Waals surface area contributed by atoms with Gasteiger partial charge in [-0.2, -0.15) is 0 Å². The van der Waals surface area contributed by atoms with Crippen LogP contribution < -0.4 is 4.74 Å². The number of rotatable bonds is 6. The van der Waals surface area contributed by atoms with Crippen LogP contribution >= 0.6 is 0 Å². The van der Waals surface area contributed by atoms with Crippen molar-refractivity contribution in [2.24, 2.45) is 5.92 Å². The lowest BCUT2D eigenvalue weighted by atomic mass is 9.96. The number of halogens is 1. The van der Waals surface area contributed by atoms with Crippen molar-refractivity contribution in [1.82, 2.24) is 0 Å². The third-order valence-electron chi connectivity index (χ3n) is 2.69. The van der Waals surface area contributed by atoms with Crippen molar-refractivity contribution >= 4 is 5.97 Å². The molecule has 3 nitrogen and oxygen atoms in total. The second kappa shape index (κ2) is 6.38. The van der Waals surface area contributed by atoms with E-state index in [2.05, 4.69) is 0 Å². The van der Waals surface area contributed by atoms with Gasteiger partial charge >= 0.3 is 5.97 Å². The van der Waals surface area contributed by atoms with E-state index >= 15 is 0 Å². The van der Waals surface area contributed by atoms with E-state index in [0.29, 0.717) is 17.7 Å². The number of hydrogen-bond acceptors (Lipinski definition) is 2. The lowest BCUT2D eigenvalue weighted by Gasteiger charge is -2.16. The Kier molecular flexibility index (Phi) is 5.13. The number of carboxylic acid groups (broad SMARTS) is 1. The zero-order chi connectivity index (χ0) is 13.7. The van der Waals surface area contributed by atoms with Gasteiger partial charge in [-0.25, -0.2) is 4.39 Å². The van der Waals surface area contributed by atoms with Gasteiger partial charge in [-0.15, -0.1) is 0 Å². The molecule has 4 heteroatoms. The summed E-state index contributed by atoms with van der Waals surface area (Å²) < 4.78 is 18.8. The molecule has 0 aliphatic rings. The zero-order valence-electron chi connectivity index (χ0n) is 10.9. The summed E-state index contributed by atoms with van der Waals surface area (Å²) in [6.45, 7) is 5.56. The summed E-state index contributed by atoms with van der Waals surface area (Å²) in [5, 5.41) is 9.04. The largest absolute Gasteiger partial charge is 0.491 e. The summed E-state index contributed by atoms with van der Waals surface area (Å²) >= 11 is 0. The fraction of sp³-hybridized carbons (Fsp3) is 0.500. The minimum Gasteiger partial charge on any atom is -0.491 e. The molecule has 0 saturated carbocycles. The van der Waals surface area contributed by atoms with Crippen molar-refractivity contribution in [3.63, 3.8) is 0 Å².